The first kappa shape index (κ1) is 22.4. The Morgan fingerprint density at radius 1 is 1.24 bits per heavy atom. The Morgan fingerprint density at radius 2 is 2.00 bits per heavy atom. The van der Waals surface area contributed by atoms with Gasteiger partial charge in [0.2, 0.25) is 9.84 Å². The molecule has 0 spiro atoms. The molecule has 1 aliphatic carbocycles. The Bertz CT molecular complexity index is 1500. The largest absolute Gasteiger partial charge is 0.515 e. The number of aromatic nitrogens is 2. The normalized spacial score (nSPS) is 17.3. The Balaban J connectivity index is 1.61. The van der Waals surface area contributed by atoms with Crippen LogP contribution in [0, 0.1) is 5.92 Å². The summed E-state index contributed by atoms with van der Waals surface area (Å²) in [6.07, 6.45) is -0.0626. The molecule has 0 aliphatic heterocycles. The number of H-pyrrole nitrogens is 1. The van der Waals surface area contributed by atoms with Crippen LogP contribution in [0.25, 0.3) is 10.9 Å². The molecule has 176 valence electrons. The van der Waals surface area contributed by atoms with Gasteiger partial charge in [-0.1, -0.05) is 29.8 Å². The second-order valence-electron chi connectivity index (χ2n) is 7.89. The van der Waals surface area contributed by atoms with Gasteiger partial charge in [0.1, 0.15) is 0 Å². The number of carbonyl (C=O) groups excluding carboxylic acids is 1. The molecule has 2 heterocycles. The van der Waals surface area contributed by atoms with Crippen molar-refractivity contribution in [1.29, 1.82) is 0 Å². The lowest BCUT2D eigenvalue weighted by atomic mass is 9.98. The molecule has 0 amide bonds. The summed E-state index contributed by atoms with van der Waals surface area (Å²) >= 11 is 6.15. The summed E-state index contributed by atoms with van der Waals surface area (Å²) in [5.74, 6) is -2.22. The van der Waals surface area contributed by atoms with Gasteiger partial charge in [-0.2, -0.15) is 4.98 Å². The molecule has 5 rings (SSSR count). The van der Waals surface area contributed by atoms with Gasteiger partial charge in [-0.25, -0.2) is 17.6 Å². The molecule has 8 nitrogen and oxygen atoms in total. The average molecular weight is 505 g/mol. The van der Waals surface area contributed by atoms with Crippen LogP contribution in [0.1, 0.15) is 17.1 Å². The van der Waals surface area contributed by atoms with Gasteiger partial charge in [0, 0.05) is 27.5 Å². The van der Waals surface area contributed by atoms with Crippen LogP contribution in [0.3, 0.4) is 0 Å². The minimum atomic E-state index is -4.65. The quantitative estimate of drug-likeness (QED) is 0.382. The molecule has 11 heteroatoms. The number of sulfone groups is 1. The molecule has 1 N–H and O–H groups in total. The molecule has 0 radical (unpaired) electrons. The van der Waals surface area contributed by atoms with Crippen LogP contribution in [-0.2, 0) is 32.4 Å². The van der Waals surface area contributed by atoms with Gasteiger partial charge >= 0.3 is 6.16 Å². The van der Waals surface area contributed by atoms with Gasteiger partial charge in [-0.05, 0) is 48.7 Å². The number of hydrogen-bond donors (Lipinski definition) is 1. The maximum atomic E-state index is 17.1. The van der Waals surface area contributed by atoms with Crippen molar-refractivity contribution in [1.82, 2.24) is 9.97 Å². The van der Waals surface area contributed by atoms with Crippen molar-refractivity contribution in [3.05, 3.63) is 77.0 Å². The van der Waals surface area contributed by atoms with Crippen LogP contribution in [0.4, 0.5) is 9.18 Å². The third-order valence-electron chi connectivity index (χ3n) is 5.96. The van der Waals surface area contributed by atoms with Crippen LogP contribution >= 0.6 is 11.6 Å². The summed E-state index contributed by atoms with van der Waals surface area (Å²) in [6.45, 7) is 0. The number of hydrogen-bond acceptors (Lipinski definition) is 7. The second kappa shape index (κ2) is 8.14. The number of benzene rings is 2. The third-order valence-corrected chi connectivity index (χ3v) is 8.37. The van der Waals surface area contributed by atoms with Crippen LogP contribution in [-0.4, -0.2) is 31.7 Å². The van der Waals surface area contributed by atoms with E-state index < -0.39 is 38.7 Å². The molecule has 34 heavy (non-hydrogen) atoms. The Labute approximate surface area is 198 Å². The number of fused-ring (bicyclic) bond motifs is 3. The Hall–Kier alpha value is -3.37. The molecule has 2 atom stereocenters. The fourth-order valence-corrected chi connectivity index (χ4v) is 6.34. The molecule has 2 aromatic heterocycles. The average Bonchev–Trinajstić information content (AvgIpc) is 3.54. The number of nitrogens with one attached hydrogen (secondary N) is 1. The number of oxazole rings is 1. The van der Waals surface area contributed by atoms with Gasteiger partial charge in [0.05, 0.1) is 12.0 Å². The second-order valence-corrected chi connectivity index (χ2v) is 10.4. The standard InChI is InChI=1S/C23H18ClFN2O6S/c1-31-22(28)33-20-12-32-21(27-20)23(25,34(29,30)15-5-3-2-4-6-15)13-9-16-17-11-14(24)7-8-18(17)26-19(16)10-13/h2-8,11-13,26H,9-10H2,1H3. The fourth-order valence-electron chi connectivity index (χ4n) is 4.38. The third kappa shape index (κ3) is 3.45. The van der Waals surface area contributed by atoms with Crippen molar-refractivity contribution in [3.63, 3.8) is 0 Å². The van der Waals surface area contributed by atoms with Crippen LogP contribution < -0.4 is 4.74 Å². The minimum absolute atomic E-state index is 0.0831. The lowest BCUT2D eigenvalue weighted by molar-refractivity contribution is 0.119. The van der Waals surface area contributed by atoms with Crippen molar-refractivity contribution < 1.29 is 31.5 Å². The van der Waals surface area contributed by atoms with Crippen molar-refractivity contribution in [3.8, 4) is 5.88 Å². The SMILES string of the molecule is COC(=O)Oc1coc(C(F)(C2Cc3[nH]c4ccc(Cl)cc4c3C2)S(=O)(=O)c2ccccc2)n1. The summed E-state index contributed by atoms with van der Waals surface area (Å²) in [5.41, 5.74) is 2.32. The van der Waals surface area contributed by atoms with E-state index in [9.17, 15) is 13.2 Å². The Kier molecular flexibility index (Phi) is 5.37. The van der Waals surface area contributed by atoms with Crippen LogP contribution in [0.2, 0.25) is 5.02 Å². The highest BCUT2D eigenvalue weighted by Crippen LogP contribution is 2.50. The van der Waals surface area contributed by atoms with Crippen molar-refractivity contribution >= 4 is 38.5 Å². The van der Waals surface area contributed by atoms with E-state index in [0.29, 0.717) is 10.7 Å². The van der Waals surface area contributed by atoms with E-state index in [2.05, 4.69) is 14.7 Å². The van der Waals surface area contributed by atoms with Crippen molar-refractivity contribution in [2.45, 2.75) is 22.7 Å². The van der Waals surface area contributed by atoms with Gasteiger partial charge < -0.3 is 18.9 Å². The lowest BCUT2D eigenvalue weighted by Gasteiger charge is -2.28. The molecular formula is C23H18ClFN2O6S. The molecule has 1 aliphatic rings. The zero-order chi connectivity index (χ0) is 24.1. The number of methoxy groups -OCH3 is 1. The molecular weight excluding hydrogens is 487 g/mol. The van der Waals surface area contributed by atoms with Gasteiger partial charge in [0.15, 0.2) is 6.26 Å². The van der Waals surface area contributed by atoms with Gasteiger partial charge in [-0.3, -0.25) is 0 Å². The highest BCUT2D eigenvalue weighted by atomic mass is 35.5. The molecule has 0 saturated heterocycles. The van der Waals surface area contributed by atoms with Gasteiger partial charge in [-0.15, -0.1) is 0 Å². The summed E-state index contributed by atoms with van der Waals surface area (Å²) < 4.78 is 58.9. The number of halogens is 2. The summed E-state index contributed by atoms with van der Waals surface area (Å²) in [7, 11) is -3.56. The number of ether oxygens (including phenoxy) is 2. The van der Waals surface area contributed by atoms with Crippen LogP contribution in [0.5, 0.6) is 5.88 Å². The van der Waals surface area contributed by atoms with E-state index in [1.165, 1.54) is 24.3 Å². The van der Waals surface area contributed by atoms with E-state index in [-0.39, 0.29) is 17.7 Å². The predicted molar refractivity (Wildman–Crippen MR) is 120 cm³/mol. The van der Waals surface area contributed by atoms with Crippen molar-refractivity contribution in [2.24, 2.45) is 5.92 Å². The summed E-state index contributed by atoms with van der Waals surface area (Å²) in [4.78, 5) is 18.3. The topological polar surface area (TPSA) is 111 Å². The molecule has 4 aromatic rings. The van der Waals surface area contributed by atoms with E-state index in [1.54, 1.807) is 18.2 Å². The Morgan fingerprint density at radius 3 is 2.74 bits per heavy atom. The summed E-state index contributed by atoms with van der Waals surface area (Å²) in [6, 6.07) is 12.6. The molecule has 2 unspecified atom stereocenters. The number of aromatic amines is 1. The van der Waals surface area contributed by atoms with E-state index in [0.717, 1.165) is 29.8 Å². The highest BCUT2D eigenvalue weighted by Gasteiger charge is 2.59. The number of nitrogens with zero attached hydrogens (tertiary/aromatic N) is 1. The monoisotopic (exact) mass is 504 g/mol. The first-order chi connectivity index (χ1) is 16.2. The zero-order valence-corrected chi connectivity index (χ0v) is 19.3. The molecule has 0 bridgehead atoms. The zero-order valence-electron chi connectivity index (χ0n) is 17.7. The minimum Gasteiger partial charge on any atom is -0.441 e. The van der Waals surface area contributed by atoms with Crippen molar-refractivity contribution in [2.75, 3.05) is 7.11 Å². The molecule has 0 fully saturated rings. The number of alkyl halides is 1. The maximum Gasteiger partial charge on any atom is 0.515 e. The van der Waals surface area contributed by atoms with Gasteiger partial charge in [0.25, 0.3) is 16.8 Å². The number of carbonyl (C=O) groups is 1. The maximum absolute atomic E-state index is 17.1. The van der Waals surface area contributed by atoms with E-state index >= 15 is 4.39 Å². The first-order valence-corrected chi connectivity index (χ1v) is 12.1. The molecule has 2 aromatic carbocycles. The predicted octanol–water partition coefficient (Wildman–Crippen LogP) is 4.97. The first-order valence-electron chi connectivity index (χ1n) is 10.2. The number of rotatable bonds is 5. The highest BCUT2D eigenvalue weighted by molar-refractivity contribution is 7.92. The summed E-state index contributed by atoms with van der Waals surface area (Å²) in [5, 5.41) is -1.75. The van der Waals surface area contributed by atoms with E-state index in [1.807, 2.05) is 6.07 Å². The van der Waals surface area contributed by atoms with E-state index in [4.69, 9.17) is 20.8 Å². The lowest BCUT2D eigenvalue weighted by Crippen LogP contribution is -2.40. The smallest absolute Gasteiger partial charge is 0.441 e. The fraction of sp³-hybridized carbons (Fsp3) is 0.217. The molecule has 0 saturated carbocycles. The van der Waals surface area contributed by atoms with Crippen LogP contribution in [0.15, 0.2) is 64.1 Å².